The van der Waals surface area contributed by atoms with E-state index in [0.29, 0.717) is 30.6 Å². The van der Waals surface area contributed by atoms with Crippen molar-refractivity contribution < 1.29 is 23.9 Å². The number of alkyl halides is 1. The quantitative estimate of drug-likeness (QED) is 0.166. The highest BCUT2D eigenvalue weighted by atomic mass is 35.5. The van der Waals surface area contributed by atoms with Crippen LogP contribution in [-0.4, -0.2) is 29.5 Å². The molecule has 0 aliphatic heterocycles. The third-order valence-corrected chi connectivity index (χ3v) is 9.10. The second-order valence-electron chi connectivity index (χ2n) is 10.7. The fraction of sp³-hybridized carbons (Fsp3) is 0.536. The van der Waals surface area contributed by atoms with E-state index in [0.717, 1.165) is 6.42 Å². The van der Waals surface area contributed by atoms with Crippen LogP contribution in [0.2, 0.25) is 0 Å². The maximum Gasteiger partial charge on any atom is 0.308 e. The molecule has 4 atom stereocenters. The molecule has 182 valence electrons. The summed E-state index contributed by atoms with van der Waals surface area (Å²) in [6, 6.07) is 3.31. The van der Waals surface area contributed by atoms with E-state index in [1.807, 2.05) is 20.8 Å². The topological polar surface area (TPSA) is 69.7 Å². The molecule has 2 saturated carbocycles. The number of rotatable bonds is 5. The van der Waals surface area contributed by atoms with E-state index in [-0.39, 0.29) is 23.0 Å². The number of hydrogen-bond donors (Lipinski definition) is 0. The van der Waals surface area contributed by atoms with Crippen molar-refractivity contribution in [2.75, 3.05) is 7.11 Å². The van der Waals surface area contributed by atoms with Gasteiger partial charge in [-0.05, 0) is 70.9 Å². The molecule has 4 rings (SSSR count). The van der Waals surface area contributed by atoms with Crippen molar-refractivity contribution in [3.8, 4) is 11.5 Å². The van der Waals surface area contributed by atoms with Gasteiger partial charge < -0.3 is 9.47 Å². The Morgan fingerprint density at radius 3 is 2.41 bits per heavy atom. The summed E-state index contributed by atoms with van der Waals surface area (Å²) in [5.74, 6) is -0.833. The predicted molar refractivity (Wildman–Crippen MR) is 132 cm³/mol. The average Bonchev–Trinajstić information content (AvgIpc) is 3.21. The Hall–Kier alpha value is -2.40. The minimum Gasteiger partial charge on any atom is -0.497 e. The summed E-state index contributed by atoms with van der Waals surface area (Å²) in [7, 11) is 1.51. The molecule has 0 N–H and O–H groups in total. The Bertz CT molecular complexity index is 1170. The highest BCUT2D eigenvalue weighted by Crippen LogP contribution is 2.73. The minimum absolute atomic E-state index is 0.113. The molecule has 0 amide bonds. The van der Waals surface area contributed by atoms with E-state index >= 15 is 0 Å². The van der Waals surface area contributed by atoms with Gasteiger partial charge in [-0.2, -0.15) is 0 Å². The van der Waals surface area contributed by atoms with Crippen molar-refractivity contribution in [1.29, 1.82) is 0 Å². The van der Waals surface area contributed by atoms with Crippen molar-refractivity contribution in [3.63, 3.8) is 0 Å². The molecule has 0 heterocycles. The van der Waals surface area contributed by atoms with E-state index in [9.17, 15) is 14.4 Å². The van der Waals surface area contributed by atoms with E-state index in [4.69, 9.17) is 21.1 Å². The zero-order chi connectivity index (χ0) is 25.2. The van der Waals surface area contributed by atoms with Crippen LogP contribution in [0, 0.1) is 11.3 Å². The molecule has 0 unspecified atom stereocenters. The number of ketones is 2. The molecule has 1 aromatic carbocycles. The summed E-state index contributed by atoms with van der Waals surface area (Å²) in [5, 5.41) is 0. The van der Waals surface area contributed by atoms with E-state index < -0.39 is 27.5 Å². The number of Topliss-reactive ketones (excluding diaryl/α,β-unsaturated/α-hetero) is 2. The highest BCUT2D eigenvalue weighted by molar-refractivity contribution is 6.53. The van der Waals surface area contributed by atoms with Crippen LogP contribution in [-0.2, 0) is 15.0 Å². The van der Waals surface area contributed by atoms with Crippen LogP contribution in [0.25, 0.3) is 0 Å². The normalized spacial score (nSPS) is 31.2. The number of fused-ring (bicyclic) bond motifs is 2. The number of hydrogen-bond acceptors (Lipinski definition) is 5. The molecule has 1 spiro atoms. The number of esters is 1. The van der Waals surface area contributed by atoms with Gasteiger partial charge in [0.25, 0.3) is 0 Å². The third kappa shape index (κ3) is 3.08. The molecule has 3 aliphatic carbocycles. The summed E-state index contributed by atoms with van der Waals surface area (Å²) >= 11 is 7.25. The number of methoxy groups -OCH3 is 1. The summed E-state index contributed by atoms with van der Waals surface area (Å²) in [4.78, 5) is 38.7. The van der Waals surface area contributed by atoms with Crippen molar-refractivity contribution in [3.05, 3.63) is 46.1 Å². The number of allylic oxidation sites excluding steroid dienone is 4. The van der Waals surface area contributed by atoms with Gasteiger partial charge >= 0.3 is 5.97 Å². The average molecular weight is 485 g/mol. The largest absolute Gasteiger partial charge is 0.497 e. The van der Waals surface area contributed by atoms with Gasteiger partial charge in [0.05, 0.1) is 18.1 Å². The van der Waals surface area contributed by atoms with Gasteiger partial charge in [-0.15, -0.1) is 11.6 Å². The summed E-state index contributed by atoms with van der Waals surface area (Å²) in [5.41, 5.74) is 2.69. The molecular formula is C28H33ClO5. The van der Waals surface area contributed by atoms with Gasteiger partial charge in [0.2, 0.25) is 0 Å². The van der Waals surface area contributed by atoms with Crippen LogP contribution in [0.1, 0.15) is 83.1 Å². The molecule has 6 heteroatoms. The Balaban J connectivity index is 2.05. The number of halogens is 1. The lowest BCUT2D eigenvalue weighted by atomic mass is 9.66. The zero-order valence-corrected chi connectivity index (χ0v) is 21.8. The summed E-state index contributed by atoms with van der Waals surface area (Å²) < 4.78 is 11.0. The minimum atomic E-state index is -1.71. The van der Waals surface area contributed by atoms with E-state index in [2.05, 4.69) is 19.9 Å². The summed E-state index contributed by atoms with van der Waals surface area (Å²) in [6.07, 6.45) is 4.68. The predicted octanol–water partition coefficient (Wildman–Crippen LogP) is 6.11. The van der Waals surface area contributed by atoms with Crippen LogP contribution in [0.15, 0.2) is 34.9 Å². The molecule has 2 bridgehead atoms. The van der Waals surface area contributed by atoms with E-state index in [1.54, 1.807) is 6.07 Å². The Morgan fingerprint density at radius 1 is 1.18 bits per heavy atom. The fourth-order valence-corrected chi connectivity index (χ4v) is 7.11. The standard InChI is InChI=1S/C28H33ClO5/c1-15(2)9-8-10-26(6)22-11-18(16(3)4)14-27(22)20-12-19(33-7)13-21(34-17(5)30)23(20)24(31)28(26,29)25(27)32/h9,12-13,22H,8,10-11,14H2,1-7H3/t22-,26-,27+,28-/m0/s1. The monoisotopic (exact) mass is 484 g/mol. The smallest absolute Gasteiger partial charge is 0.308 e. The molecule has 34 heavy (non-hydrogen) atoms. The fourth-order valence-electron chi connectivity index (χ4n) is 6.62. The van der Waals surface area contributed by atoms with Gasteiger partial charge in [0.15, 0.2) is 16.4 Å². The molecule has 1 aromatic rings. The van der Waals surface area contributed by atoms with Gasteiger partial charge in [-0.3, -0.25) is 14.4 Å². The molecule has 0 aromatic heterocycles. The number of benzene rings is 1. The van der Waals surface area contributed by atoms with E-state index in [1.165, 1.54) is 36.8 Å². The van der Waals surface area contributed by atoms with Crippen molar-refractivity contribution in [2.24, 2.45) is 11.3 Å². The van der Waals surface area contributed by atoms with Gasteiger partial charge in [-0.25, -0.2) is 0 Å². The second kappa shape index (κ2) is 8.08. The molecule has 0 saturated heterocycles. The Kier molecular flexibility index (Phi) is 5.87. The third-order valence-electron chi connectivity index (χ3n) is 8.32. The Labute approximate surface area is 206 Å². The lowest BCUT2D eigenvalue weighted by Crippen LogP contribution is -2.54. The van der Waals surface area contributed by atoms with Crippen molar-refractivity contribution in [1.82, 2.24) is 0 Å². The molecule has 2 fully saturated rings. The van der Waals surface area contributed by atoms with Crippen LogP contribution in [0.5, 0.6) is 11.5 Å². The first-order valence-electron chi connectivity index (χ1n) is 11.8. The molecule has 3 aliphatic rings. The maximum absolute atomic E-state index is 14.4. The zero-order valence-electron chi connectivity index (χ0n) is 21.1. The SMILES string of the molecule is COc1cc(OC(C)=O)c2c(c1)[C@]13CC(=C(C)C)C[C@H]1[C@](C)(CCC=C(C)C)[C@](Cl)(C2=O)C3=O. The molecule has 0 radical (unpaired) electrons. The number of carbonyl (C=O) groups excluding carboxylic acids is 3. The van der Waals surface area contributed by atoms with Crippen LogP contribution in [0.3, 0.4) is 0 Å². The lowest BCUT2D eigenvalue weighted by molar-refractivity contribution is -0.131. The highest BCUT2D eigenvalue weighted by Gasteiger charge is 2.80. The first kappa shape index (κ1) is 24.7. The van der Waals surface area contributed by atoms with Crippen molar-refractivity contribution >= 4 is 29.1 Å². The van der Waals surface area contributed by atoms with Crippen LogP contribution in [0.4, 0.5) is 0 Å². The van der Waals surface area contributed by atoms with Crippen molar-refractivity contribution in [2.45, 2.75) is 77.5 Å². The molecular weight excluding hydrogens is 452 g/mol. The maximum atomic E-state index is 14.4. The molecule has 5 nitrogen and oxygen atoms in total. The lowest BCUT2D eigenvalue weighted by Gasteiger charge is -2.40. The first-order valence-corrected chi connectivity index (χ1v) is 12.2. The second-order valence-corrected chi connectivity index (χ2v) is 11.3. The van der Waals surface area contributed by atoms with Crippen LogP contribution < -0.4 is 9.47 Å². The van der Waals surface area contributed by atoms with Gasteiger partial charge in [0.1, 0.15) is 11.5 Å². The van der Waals surface area contributed by atoms with Gasteiger partial charge in [0, 0.05) is 18.4 Å². The Morgan fingerprint density at radius 2 is 1.85 bits per heavy atom. The number of ether oxygens (including phenoxy) is 2. The number of carbonyl (C=O) groups is 3. The first-order chi connectivity index (χ1) is 15.8. The van der Waals surface area contributed by atoms with Gasteiger partial charge in [-0.1, -0.05) is 29.7 Å². The van der Waals surface area contributed by atoms with Crippen LogP contribution >= 0.6 is 11.6 Å². The summed E-state index contributed by atoms with van der Waals surface area (Å²) in [6.45, 7) is 11.5.